The number of aromatic nitrogens is 1. The fourth-order valence-corrected chi connectivity index (χ4v) is 1.53. The molecule has 0 amide bonds. The number of ether oxygens (including phenoxy) is 2. The summed E-state index contributed by atoms with van der Waals surface area (Å²) in [6, 6.07) is 1.88. The molecule has 0 radical (unpaired) electrons. The molecule has 1 N–H and O–H groups in total. The van der Waals surface area contributed by atoms with E-state index in [0.29, 0.717) is 6.61 Å². The lowest BCUT2D eigenvalue weighted by molar-refractivity contribution is 0.0000487. The van der Waals surface area contributed by atoms with E-state index in [0.717, 1.165) is 31.0 Å². The van der Waals surface area contributed by atoms with Gasteiger partial charge in [-0.15, -0.1) is 0 Å². The Bertz CT molecular complexity index is 311. The molecule has 4 heteroatoms. The summed E-state index contributed by atoms with van der Waals surface area (Å²) in [4.78, 5) is 4.02. The van der Waals surface area contributed by atoms with Crippen molar-refractivity contribution in [2.24, 2.45) is 0 Å². The summed E-state index contributed by atoms with van der Waals surface area (Å²) in [6.45, 7) is 5.15. The number of nitrogens with zero attached hydrogens (tertiary/aromatic N) is 1. The summed E-state index contributed by atoms with van der Waals surface area (Å²) < 4.78 is 11.2. The molecule has 0 aliphatic carbocycles. The minimum Gasteiger partial charge on any atom is -0.490 e. The molecule has 15 heavy (non-hydrogen) atoms. The van der Waals surface area contributed by atoms with E-state index in [-0.39, 0.29) is 6.10 Å². The van der Waals surface area contributed by atoms with Gasteiger partial charge in [0.05, 0.1) is 6.61 Å². The molecule has 1 saturated heterocycles. The molecule has 2 heterocycles. The van der Waals surface area contributed by atoms with Gasteiger partial charge in [0.15, 0.2) is 0 Å². The highest BCUT2D eigenvalue weighted by atomic mass is 16.5. The predicted molar refractivity (Wildman–Crippen MR) is 57.1 cm³/mol. The van der Waals surface area contributed by atoms with Gasteiger partial charge in [-0.3, -0.25) is 4.98 Å². The average molecular weight is 208 g/mol. The first-order valence-corrected chi connectivity index (χ1v) is 5.22. The van der Waals surface area contributed by atoms with E-state index in [1.165, 1.54) is 0 Å². The first kappa shape index (κ1) is 10.4. The Morgan fingerprint density at radius 3 is 3.33 bits per heavy atom. The second-order valence-electron chi connectivity index (χ2n) is 3.65. The molecule has 0 spiro atoms. The maximum Gasteiger partial charge on any atom is 0.125 e. The van der Waals surface area contributed by atoms with Crippen molar-refractivity contribution in [2.75, 3.05) is 26.3 Å². The van der Waals surface area contributed by atoms with Gasteiger partial charge in [-0.1, -0.05) is 0 Å². The van der Waals surface area contributed by atoms with Gasteiger partial charge >= 0.3 is 0 Å². The van der Waals surface area contributed by atoms with Crippen LogP contribution in [-0.4, -0.2) is 37.4 Å². The van der Waals surface area contributed by atoms with Crippen LogP contribution < -0.4 is 10.1 Å². The number of morpholine rings is 1. The van der Waals surface area contributed by atoms with Crippen molar-refractivity contribution < 1.29 is 9.47 Å². The largest absolute Gasteiger partial charge is 0.490 e. The Hall–Kier alpha value is -1.13. The summed E-state index contributed by atoms with van der Waals surface area (Å²) in [7, 11) is 0. The third kappa shape index (κ3) is 2.91. The molecule has 1 fully saturated rings. The van der Waals surface area contributed by atoms with Crippen molar-refractivity contribution >= 4 is 0 Å². The van der Waals surface area contributed by atoms with Crippen molar-refractivity contribution in [1.29, 1.82) is 0 Å². The predicted octanol–water partition coefficient (Wildman–Crippen LogP) is 0.757. The van der Waals surface area contributed by atoms with Crippen molar-refractivity contribution in [1.82, 2.24) is 10.3 Å². The van der Waals surface area contributed by atoms with Crippen LogP contribution in [0.1, 0.15) is 5.56 Å². The van der Waals surface area contributed by atoms with Crippen LogP contribution >= 0.6 is 0 Å². The second kappa shape index (κ2) is 5.09. The number of pyridine rings is 1. The summed E-state index contributed by atoms with van der Waals surface area (Å²) in [5.74, 6) is 0.888. The maximum absolute atomic E-state index is 5.67. The number of hydrogen-bond acceptors (Lipinski definition) is 4. The normalized spacial score (nSPS) is 21.3. The molecule has 0 bridgehead atoms. The first-order chi connectivity index (χ1) is 7.36. The van der Waals surface area contributed by atoms with E-state index in [1.54, 1.807) is 12.4 Å². The summed E-state index contributed by atoms with van der Waals surface area (Å²) in [6.07, 6.45) is 3.70. The molecule has 1 aromatic rings. The number of hydrogen-bond donors (Lipinski definition) is 1. The standard InChI is InChI=1S/C11H16N2O2/c1-9-6-12-3-2-11(9)15-8-10-7-13-4-5-14-10/h2-3,6,10,13H,4-5,7-8H2,1H3. The molecule has 2 rings (SSSR count). The minimum atomic E-state index is 0.159. The first-order valence-electron chi connectivity index (χ1n) is 5.22. The van der Waals surface area contributed by atoms with E-state index in [9.17, 15) is 0 Å². The molecular weight excluding hydrogens is 192 g/mol. The zero-order chi connectivity index (χ0) is 10.5. The van der Waals surface area contributed by atoms with Crippen LogP contribution in [0, 0.1) is 6.92 Å². The number of rotatable bonds is 3. The third-order valence-electron chi connectivity index (χ3n) is 2.40. The average Bonchev–Trinajstić information content (AvgIpc) is 2.29. The van der Waals surface area contributed by atoms with Gasteiger partial charge in [-0.25, -0.2) is 0 Å². The van der Waals surface area contributed by atoms with Gasteiger partial charge in [0, 0.05) is 31.0 Å². The van der Waals surface area contributed by atoms with Crippen LogP contribution in [0.15, 0.2) is 18.5 Å². The number of aryl methyl sites for hydroxylation is 1. The quantitative estimate of drug-likeness (QED) is 0.796. The van der Waals surface area contributed by atoms with Crippen LogP contribution in [0.5, 0.6) is 5.75 Å². The lowest BCUT2D eigenvalue weighted by Crippen LogP contribution is -2.41. The molecule has 1 atom stereocenters. The van der Waals surface area contributed by atoms with Crippen LogP contribution in [-0.2, 0) is 4.74 Å². The molecule has 4 nitrogen and oxygen atoms in total. The molecule has 0 saturated carbocycles. The van der Waals surface area contributed by atoms with Gasteiger partial charge in [-0.2, -0.15) is 0 Å². The van der Waals surface area contributed by atoms with Gasteiger partial charge in [-0.05, 0) is 13.0 Å². The maximum atomic E-state index is 5.67. The van der Waals surface area contributed by atoms with E-state index in [1.807, 2.05) is 13.0 Å². The van der Waals surface area contributed by atoms with Gasteiger partial charge in [0.1, 0.15) is 18.5 Å². The summed E-state index contributed by atoms with van der Waals surface area (Å²) >= 11 is 0. The van der Waals surface area contributed by atoms with Crippen LogP contribution in [0.3, 0.4) is 0 Å². The van der Waals surface area contributed by atoms with E-state index < -0.39 is 0 Å². The minimum absolute atomic E-state index is 0.159. The summed E-state index contributed by atoms with van der Waals surface area (Å²) in [5.41, 5.74) is 1.06. The highest BCUT2D eigenvalue weighted by Gasteiger charge is 2.14. The van der Waals surface area contributed by atoms with E-state index in [4.69, 9.17) is 9.47 Å². The lowest BCUT2D eigenvalue weighted by atomic mass is 10.3. The van der Waals surface area contributed by atoms with Crippen LogP contribution in [0.25, 0.3) is 0 Å². The van der Waals surface area contributed by atoms with Crippen LogP contribution in [0.2, 0.25) is 0 Å². The third-order valence-corrected chi connectivity index (χ3v) is 2.40. The Morgan fingerprint density at radius 2 is 2.60 bits per heavy atom. The van der Waals surface area contributed by atoms with Crippen molar-refractivity contribution in [3.05, 3.63) is 24.0 Å². The van der Waals surface area contributed by atoms with Crippen molar-refractivity contribution in [3.8, 4) is 5.75 Å². The molecule has 1 aromatic heterocycles. The monoisotopic (exact) mass is 208 g/mol. The zero-order valence-electron chi connectivity index (χ0n) is 8.90. The van der Waals surface area contributed by atoms with Gasteiger partial charge in [0.25, 0.3) is 0 Å². The van der Waals surface area contributed by atoms with Gasteiger partial charge in [0.2, 0.25) is 0 Å². The van der Waals surface area contributed by atoms with Gasteiger partial charge < -0.3 is 14.8 Å². The van der Waals surface area contributed by atoms with Crippen LogP contribution in [0.4, 0.5) is 0 Å². The molecule has 1 unspecified atom stereocenters. The van der Waals surface area contributed by atoms with E-state index in [2.05, 4.69) is 10.3 Å². The molecule has 0 aromatic carbocycles. The Balaban J connectivity index is 1.84. The van der Waals surface area contributed by atoms with Crippen molar-refractivity contribution in [3.63, 3.8) is 0 Å². The smallest absolute Gasteiger partial charge is 0.125 e. The molecule has 1 aliphatic rings. The zero-order valence-corrected chi connectivity index (χ0v) is 8.90. The highest BCUT2D eigenvalue weighted by Crippen LogP contribution is 2.15. The van der Waals surface area contributed by atoms with Crippen molar-refractivity contribution in [2.45, 2.75) is 13.0 Å². The Labute approximate surface area is 89.6 Å². The molecule has 1 aliphatic heterocycles. The lowest BCUT2D eigenvalue weighted by Gasteiger charge is -2.23. The fraction of sp³-hybridized carbons (Fsp3) is 0.545. The van der Waals surface area contributed by atoms with E-state index >= 15 is 0 Å². The second-order valence-corrected chi connectivity index (χ2v) is 3.65. The summed E-state index contributed by atoms with van der Waals surface area (Å²) in [5, 5.41) is 3.27. The Morgan fingerprint density at radius 1 is 1.67 bits per heavy atom. The highest BCUT2D eigenvalue weighted by molar-refractivity contribution is 5.28. The fourth-order valence-electron chi connectivity index (χ4n) is 1.53. The topological polar surface area (TPSA) is 43.4 Å². The molecular formula is C11H16N2O2. The molecule has 82 valence electrons. The Kier molecular flexibility index (Phi) is 3.53. The SMILES string of the molecule is Cc1cnccc1OCC1CNCCO1. The number of nitrogens with one attached hydrogen (secondary N) is 1.